The molecule has 0 bridgehead atoms. The molecule has 0 aromatic heterocycles. The maximum Gasteiger partial charge on any atom is 0.223 e. The highest BCUT2D eigenvalue weighted by Gasteiger charge is 2.41. The Morgan fingerprint density at radius 3 is 2.94 bits per heavy atom. The zero-order valence-electron chi connectivity index (χ0n) is 19.2. The molecule has 1 unspecified atom stereocenters. The van der Waals surface area contributed by atoms with E-state index in [0.29, 0.717) is 18.0 Å². The van der Waals surface area contributed by atoms with Gasteiger partial charge in [-0.05, 0) is 54.6 Å². The van der Waals surface area contributed by atoms with Gasteiger partial charge in [0.15, 0.2) is 0 Å². The Labute approximate surface area is 196 Å². The molecule has 4 rings (SSSR count). The van der Waals surface area contributed by atoms with E-state index in [9.17, 15) is 4.79 Å². The van der Waals surface area contributed by atoms with Gasteiger partial charge in [0.25, 0.3) is 0 Å². The Kier molecular flexibility index (Phi) is 7.30. The molecule has 5 nitrogen and oxygen atoms in total. The van der Waals surface area contributed by atoms with Gasteiger partial charge in [0.1, 0.15) is 0 Å². The van der Waals surface area contributed by atoms with Crippen LogP contribution in [-0.4, -0.2) is 40.0 Å². The molecule has 1 amide bonds. The molecule has 3 aliphatic heterocycles. The summed E-state index contributed by atoms with van der Waals surface area (Å²) in [5.74, 6) is 0.301. The monoisotopic (exact) mass is 443 g/mol. The Balaban J connectivity index is 1.58. The smallest absolute Gasteiger partial charge is 0.223 e. The van der Waals surface area contributed by atoms with Crippen LogP contribution in [0.25, 0.3) is 0 Å². The fourth-order valence-corrected chi connectivity index (χ4v) is 5.05. The first-order valence-corrected chi connectivity index (χ1v) is 11.7. The maximum atomic E-state index is 12.6. The Bertz CT molecular complexity index is 1040. The number of piperidine rings is 1. The fraction of sp³-hybridized carbons (Fsp3) is 0.321. The van der Waals surface area contributed by atoms with Gasteiger partial charge < -0.3 is 9.80 Å². The summed E-state index contributed by atoms with van der Waals surface area (Å²) in [7, 11) is 0. The molecule has 0 aromatic carbocycles. The summed E-state index contributed by atoms with van der Waals surface area (Å²) in [6.07, 6.45) is 25.8. The molecule has 0 spiro atoms. The molecule has 2 N–H and O–H groups in total. The van der Waals surface area contributed by atoms with Crippen LogP contribution in [0.3, 0.4) is 0 Å². The van der Waals surface area contributed by atoms with Crippen molar-refractivity contribution in [1.29, 1.82) is 0 Å². The second kappa shape index (κ2) is 10.5. The van der Waals surface area contributed by atoms with Gasteiger partial charge in [-0.2, -0.15) is 0 Å². The summed E-state index contributed by atoms with van der Waals surface area (Å²) in [6, 6.07) is 0.202. The number of hydroxylamine groups is 1. The number of hydrogen-bond donors (Lipinski definition) is 2. The first kappa shape index (κ1) is 22.9. The van der Waals surface area contributed by atoms with E-state index in [-0.39, 0.29) is 6.04 Å². The average Bonchev–Trinajstić information content (AvgIpc) is 3.01. The normalized spacial score (nSPS) is 24.2. The molecule has 4 aliphatic rings. The van der Waals surface area contributed by atoms with Crippen LogP contribution >= 0.6 is 0 Å². The van der Waals surface area contributed by atoms with Gasteiger partial charge in [0.2, 0.25) is 5.91 Å². The third kappa shape index (κ3) is 5.20. The van der Waals surface area contributed by atoms with E-state index in [2.05, 4.69) is 64.9 Å². The predicted molar refractivity (Wildman–Crippen MR) is 133 cm³/mol. The molecular weight excluding hydrogens is 410 g/mol. The lowest BCUT2D eigenvalue weighted by molar-refractivity contribution is -0.136. The fourth-order valence-electron chi connectivity index (χ4n) is 5.05. The van der Waals surface area contributed by atoms with Gasteiger partial charge >= 0.3 is 0 Å². The molecular formula is C28H33N3O2. The van der Waals surface area contributed by atoms with E-state index in [1.54, 1.807) is 12.2 Å². The zero-order valence-corrected chi connectivity index (χ0v) is 19.2. The van der Waals surface area contributed by atoms with Crippen molar-refractivity contribution < 1.29 is 10.0 Å². The summed E-state index contributed by atoms with van der Waals surface area (Å²) in [5, 5.41) is 8.92. The van der Waals surface area contributed by atoms with E-state index < -0.39 is 0 Å². The van der Waals surface area contributed by atoms with Crippen molar-refractivity contribution in [1.82, 2.24) is 15.3 Å². The first-order chi connectivity index (χ1) is 16.1. The van der Waals surface area contributed by atoms with Gasteiger partial charge in [0.05, 0.1) is 11.7 Å². The van der Waals surface area contributed by atoms with Gasteiger partial charge in [-0.15, -0.1) is 0 Å². The first-order valence-electron chi connectivity index (χ1n) is 11.7. The van der Waals surface area contributed by atoms with E-state index in [1.807, 2.05) is 12.2 Å². The van der Waals surface area contributed by atoms with Crippen LogP contribution in [-0.2, 0) is 4.79 Å². The topological polar surface area (TPSA) is 55.8 Å². The Hall–Kier alpha value is -3.31. The summed E-state index contributed by atoms with van der Waals surface area (Å²) in [4.78, 5) is 17.2. The highest BCUT2D eigenvalue weighted by atomic mass is 16.5. The van der Waals surface area contributed by atoms with E-state index >= 15 is 0 Å². The molecule has 0 saturated carbocycles. The highest BCUT2D eigenvalue weighted by Crippen LogP contribution is 2.43. The molecule has 1 aliphatic carbocycles. The van der Waals surface area contributed by atoms with E-state index in [1.165, 1.54) is 22.5 Å². The lowest BCUT2D eigenvalue weighted by Gasteiger charge is -2.43. The van der Waals surface area contributed by atoms with Crippen molar-refractivity contribution in [2.75, 3.05) is 13.1 Å². The quantitative estimate of drug-likeness (QED) is 0.418. The van der Waals surface area contributed by atoms with Crippen LogP contribution in [0.1, 0.15) is 38.5 Å². The van der Waals surface area contributed by atoms with Crippen molar-refractivity contribution in [2.45, 2.75) is 44.6 Å². The number of hydrogen-bond acceptors (Lipinski definition) is 4. The zero-order chi connectivity index (χ0) is 23.2. The number of amides is 1. The molecule has 33 heavy (non-hydrogen) atoms. The molecule has 0 radical (unpaired) electrons. The van der Waals surface area contributed by atoms with Crippen molar-refractivity contribution in [3.63, 3.8) is 0 Å². The molecule has 1 saturated heterocycles. The van der Waals surface area contributed by atoms with Crippen LogP contribution in [0.2, 0.25) is 0 Å². The van der Waals surface area contributed by atoms with Crippen LogP contribution in [0, 0.1) is 0 Å². The number of carbonyl (C=O) groups is 1. The number of allylic oxidation sites excluding steroid dienone is 11. The number of carbonyl (C=O) groups excluding carboxylic acids is 1. The molecule has 172 valence electrons. The average molecular weight is 444 g/mol. The van der Waals surface area contributed by atoms with Crippen LogP contribution in [0.15, 0.2) is 108 Å². The van der Waals surface area contributed by atoms with E-state index in [0.717, 1.165) is 50.8 Å². The molecule has 5 heteroatoms. The number of nitrogens with zero attached hydrogens (tertiary/aromatic N) is 2. The lowest BCUT2D eigenvalue weighted by atomic mass is 9.91. The summed E-state index contributed by atoms with van der Waals surface area (Å²) in [6.45, 7) is 9.13. The van der Waals surface area contributed by atoms with Gasteiger partial charge in [-0.25, -0.2) is 0 Å². The minimum Gasteiger partial charge on any atom is -0.342 e. The SMILES string of the molecule is C=C/C=C\C=C1/CC2=C(C3CCCC(=O)N3CC2)N1CC1=CCC=C(/C=C/C(=C)NO)C=C1. The minimum atomic E-state index is 0.202. The van der Waals surface area contributed by atoms with E-state index in [4.69, 9.17) is 5.21 Å². The standard InChI is InChI=1S/C28H33N3O2/c1-3-4-5-10-25-19-24-17-18-30-26(11-7-12-27(30)32)28(24)31(25)20-23-9-6-8-22(15-16-23)14-13-21(2)29-33/h3-5,8-10,13-16,26,29,33H,1-2,6-7,11-12,17-20H2/b5-4-,14-13+,25-10+. The van der Waals surface area contributed by atoms with Crippen molar-refractivity contribution in [2.24, 2.45) is 0 Å². The second-order valence-corrected chi connectivity index (χ2v) is 8.80. The lowest BCUT2D eigenvalue weighted by Crippen LogP contribution is -2.49. The maximum absolute atomic E-state index is 12.6. The third-order valence-corrected chi connectivity index (χ3v) is 6.65. The molecule has 1 atom stereocenters. The second-order valence-electron chi connectivity index (χ2n) is 8.80. The summed E-state index contributed by atoms with van der Waals surface area (Å²) >= 11 is 0. The van der Waals surface area contributed by atoms with Crippen molar-refractivity contribution in [3.05, 3.63) is 108 Å². The van der Waals surface area contributed by atoms with Gasteiger partial charge in [-0.3, -0.25) is 15.5 Å². The third-order valence-electron chi connectivity index (χ3n) is 6.65. The molecule has 3 heterocycles. The Morgan fingerprint density at radius 1 is 1.24 bits per heavy atom. The number of rotatable bonds is 7. The van der Waals surface area contributed by atoms with Crippen LogP contribution in [0.5, 0.6) is 0 Å². The highest BCUT2D eigenvalue weighted by molar-refractivity contribution is 5.78. The largest absolute Gasteiger partial charge is 0.342 e. The molecule has 1 fully saturated rings. The summed E-state index contributed by atoms with van der Waals surface area (Å²) in [5.41, 5.74) is 8.95. The number of fused-ring (bicyclic) bond motifs is 2. The predicted octanol–water partition coefficient (Wildman–Crippen LogP) is 5.22. The molecule has 0 aromatic rings. The van der Waals surface area contributed by atoms with Gasteiger partial charge in [0, 0.05) is 37.3 Å². The van der Waals surface area contributed by atoms with Crippen molar-refractivity contribution in [3.8, 4) is 0 Å². The van der Waals surface area contributed by atoms with Crippen LogP contribution < -0.4 is 5.48 Å². The summed E-state index contributed by atoms with van der Waals surface area (Å²) < 4.78 is 0. The minimum absolute atomic E-state index is 0.202. The van der Waals surface area contributed by atoms with Crippen molar-refractivity contribution >= 4 is 5.91 Å². The Morgan fingerprint density at radius 2 is 2.12 bits per heavy atom. The van der Waals surface area contributed by atoms with Gasteiger partial charge in [-0.1, -0.05) is 61.8 Å². The number of nitrogens with one attached hydrogen (secondary N) is 1. The van der Waals surface area contributed by atoms with Crippen LogP contribution in [0.4, 0.5) is 0 Å².